The van der Waals surface area contributed by atoms with E-state index >= 15 is 0 Å². The van der Waals surface area contributed by atoms with Crippen molar-refractivity contribution in [3.8, 4) is 0 Å². The quantitative estimate of drug-likeness (QED) is 0.635. The summed E-state index contributed by atoms with van der Waals surface area (Å²) in [6, 6.07) is 0. The Morgan fingerprint density at radius 1 is 1.00 bits per heavy atom. The van der Waals surface area contributed by atoms with Crippen molar-refractivity contribution in [2.24, 2.45) is 17.8 Å². The number of hydrogen-bond donors (Lipinski definition) is 0. The van der Waals surface area contributed by atoms with Gasteiger partial charge in [-0.15, -0.1) is 0 Å². The van der Waals surface area contributed by atoms with E-state index in [0.717, 1.165) is 17.8 Å². The molecule has 74 valence electrons. The average molecular weight is 348 g/mol. The molecule has 0 amide bonds. The fourth-order valence-electron chi connectivity index (χ4n) is 2.99. The second-order valence-electron chi connectivity index (χ2n) is 4.54. The van der Waals surface area contributed by atoms with Crippen molar-refractivity contribution < 1.29 is 21.1 Å². The molecule has 0 heterocycles. The van der Waals surface area contributed by atoms with E-state index in [9.17, 15) is 0 Å². The average Bonchev–Trinajstić information content (AvgIpc) is 2.57. The van der Waals surface area contributed by atoms with Crippen LogP contribution in [0.2, 0.25) is 0 Å². The fraction of sp³-hybridized carbons (Fsp3) is 0.833. The van der Waals surface area contributed by atoms with Gasteiger partial charge in [-0.3, -0.25) is 0 Å². The van der Waals surface area contributed by atoms with Crippen molar-refractivity contribution >= 4 is 0 Å². The molecule has 13 heavy (non-hydrogen) atoms. The predicted octanol–water partition coefficient (Wildman–Crippen LogP) is 3.63. The van der Waals surface area contributed by atoms with Gasteiger partial charge in [-0.1, -0.05) is 44.4 Å². The maximum absolute atomic E-state index is 4.30. The largest absolute Gasteiger partial charge is 2.00 e. The Morgan fingerprint density at radius 3 is 2.38 bits per heavy atom. The first-order chi connectivity index (χ1) is 5.88. The van der Waals surface area contributed by atoms with Crippen LogP contribution in [0.3, 0.4) is 0 Å². The summed E-state index contributed by atoms with van der Waals surface area (Å²) in [6.45, 7) is 4.30. The van der Waals surface area contributed by atoms with Crippen molar-refractivity contribution in [1.82, 2.24) is 0 Å². The van der Waals surface area contributed by atoms with Crippen molar-refractivity contribution in [3.05, 3.63) is 13.3 Å². The van der Waals surface area contributed by atoms with E-state index in [-0.39, 0.29) is 21.1 Å². The molecule has 3 atom stereocenters. The van der Waals surface area contributed by atoms with Gasteiger partial charge in [0.2, 0.25) is 0 Å². The van der Waals surface area contributed by atoms with E-state index < -0.39 is 0 Å². The molecule has 0 bridgehead atoms. The summed E-state index contributed by atoms with van der Waals surface area (Å²) in [6.07, 6.45) is 12.6. The fourth-order valence-corrected chi connectivity index (χ4v) is 2.99. The minimum Gasteiger partial charge on any atom is -0.340 e. The molecule has 0 aromatic heterocycles. The zero-order chi connectivity index (χ0) is 8.39. The molecule has 2 aliphatic rings. The van der Waals surface area contributed by atoms with E-state index in [1.807, 2.05) is 0 Å². The second kappa shape index (κ2) is 5.54. The summed E-state index contributed by atoms with van der Waals surface area (Å²) in [7, 11) is 0. The van der Waals surface area contributed by atoms with Crippen LogP contribution in [0.15, 0.2) is 0 Å². The standard InChI is InChI=1S/C12H20.W/c1-10-6-2-5-9-12(10)11-7-3-4-8-11;/h7,10-12H,1-6,8-9H2;/q-2;+2. The molecule has 0 N–H and O–H groups in total. The van der Waals surface area contributed by atoms with Crippen molar-refractivity contribution in [1.29, 1.82) is 0 Å². The van der Waals surface area contributed by atoms with Gasteiger partial charge in [0, 0.05) is 0 Å². The predicted molar refractivity (Wildman–Crippen MR) is 52.4 cm³/mol. The first-order valence-electron chi connectivity index (χ1n) is 5.54. The van der Waals surface area contributed by atoms with Crippen LogP contribution in [0.4, 0.5) is 0 Å². The van der Waals surface area contributed by atoms with Gasteiger partial charge in [0.1, 0.15) is 0 Å². The van der Waals surface area contributed by atoms with Gasteiger partial charge in [0.05, 0.1) is 0 Å². The van der Waals surface area contributed by atoms with E-state index in [4.69, 9.17) is 0 Å². The summed E-state index contributed by atoms with van der Waals surface area (Å²) >= 11 is 0. The third kappa shape index (κ3) is 2.82. The second-order valence-corrected chi connectivity index (χ2v) is 4.54. The van der Waals surface area contributed by atoms with Crippen LogP contribution in [0.25, 0.3) is 0 Å². The van der Waals surface area contributed by atoms with Crippen LogP contribution in [0, 0.1) is 31.1 Å². The molecule has 0 saturated heterocycles. The van der Waals surface area contributed by atoms with Crippen LogP contribution in [0.5, 0.6) is 0 Å². The van der Waals surface area contributed by atoms with E-state index in [1.54, 1.807) is 0 Å². The molecule has 0 nitrogen and oxygen atoms in total. The van der Waals surface area contributed by atoms with Gasteiger partial charge in [-0.25, -0.2) is 0 Å². The topological polar surface area (TPSA) is 0 Å². The van der Waals surface area contributed by atoms with Crippen molar-refractivity contribution in [2.45, 2.75) is 44.9 Å². The molecule has 0 aromatic rings. The molecule has 3 unspecified atom stereocenters. The Labute approximate surface area is 97.1 Å². The minimum absolute atomic E-state index is 0. The Morgan fingerprint density at radius 2 is 1.77 bits per heavy atom. The summed E-state index contributed by atoms with van der Waals surface area (Å²) in [5.41, 5.74) is 0. The van der Waals surface area contributed by atoms with Gasteiger partial charge in [-0.05, 0) is 0 Å². The van der Waals surface area contributed by atoms with Gasteiger partial charge >= 0.3 is 21.1 Å². The maximum Gasteiger partial charge on any atom is 2.00 e. The van der Waals surface area contributed by atoms with E-state index in [2.05, 4.69) is 13.3 Å². The summed E-state index contributed by atoms with van der Waals surface area (Å²) in [5, 5.41) is 0. The normalized spacial score (nSPS) is 39.9. The van der Waals surface area contributed by atoms with Gasteiger partial charge in [0.15, 0.2) is 0 Å². The molecule has 0 radical (unpaired) electrons. The SMILES string of the molecule is [CH2-]C1CCCCC1C1[CH-]CCC1.[W+2]. The van der Waals surface area contributed by atoms with E-state index in [1.165, 1.54) is 44.9 Å². The third-order valence-corrected chi connectivity index (χ3v) is 3.73. The Balaban J connectivity index is 0.000000845. The summed E-state index contributed by atoms with van der Waals surface area (Å²) < 4.78 is 0. The molecule has 2 saturated carbocycles. The molecule has 1 heteroatoms. The number of hydrogen-bond acceptors (Lipinski definition) is 0. The molecule has 0 aromatic carbocycles. The summed E-state index contributed by atoms with van der Waals surface area (Å²) in [5.74, 6) is 2.65. The molecule has 2 fully saturated rings. The Hall–Kier alpha value is 0.688. The first-order valence-corrected chi connectivity index (χ1v) is 5.54. The van der Waals surface area contributed by atoms with Crippen molar-refractivity contribution in [2.75, 3.05) is 0 Å². The smallest absolute Gasteiger partial charge is 0.340 e. The molecule has 0 spiro atoms. The van der Waals surface area contributed by atoms with E-state index in [0.29, 0.717) is 0 Å². The van der Waals surface area contributed by atoms with Gasteiger partial charge < -0.3 is 13.3 Å². The Bertz CT molecular complexity index is 138. The zero-order valence-electron chi connectivity index (χ0n) is 8.37. The monoisotopic (exact) mass is 348 g/mol. The van der Waals surface area contributed by atoms with Crippen LogP contribution >= 0.6 is 0 Å². The maximum atomic E-state index is 4.30. The van der Waals surface area contributed by atoms with Gasteiger partial charge in [-0.2, -0.15) is 18.3 Å². The third-order valence-electron chi connectivity index (χ3n) is 3.73. The van der Waals surface area contributed by atoms with Gasteiger partial charge in [0.25, 0.3) is 0 Å². The van der Waals surface area contributed by atoms with Crippen molar-refractivity contribution in [3.63, 3.8) is 0 Å². The minimum atomic E-state index is 0. The van der Waals surface area contributed by atoms with Crippen LogP contribution in [0.1, 0.15) is 44.9 Å². The molecular formula is C12H20W. The Kier molecular flexibility index (Phi) is 5.01. The first kappa shape index (κ1) is 11.8. The summed E-state index contributed by atoms with van der Waals surface area (Å²) in [4.78, 5) is 0. The zero-order valence-corrected chi connectivity index (χ0v) is 11.3. The molecular weight excluding hydrogens is 328 g/mol. The van der Waals surface area contributed by atoms with Crippen LogP contribution in [-0.2, 0) is 21.1 Å². The molecule has 2 aliphatic carbocycles. The number of rotatable bonds is 1. The molecule has 2 rings (SSSR count). The molecule has 0 aliphatic heterocycles. The van der Waals surface area contributed by atoms with Crippen LogP contribution < -0.4 is 0 Å². The van der Waals surface area contributed by atoms with Crippen LogP contribution in [-0.4, -0.2) is 0 Å².